The van der Waals surface area contributed by atoms with Gasteiger partial charge >= 0.3 is 0 Å². The van der Waals surface area contributed by atoms with Gasteiger partial charge in [0, 0.05) is 11.8 Å². The maximum Gasteiger partial charge on any atom is 0.144 e. The van der Waals surface area contributed by atoms with Crippen LogP contribution in [0.25, 0.3) is 0 Å². The third-order valence-corrected chi connectivity index (χ3v) is 5.28. The van der Waals surface area contributed by atoms with Crippen LogP contribution in [0.5, 0.6) is 0 Å². The van der Waals surface area contributed by atoms with E-state index in [0.29, 0.717) is 24.0 Å². The minimum absolute atomic E-state index is 0.0415. The zero-order chi connectivity index (χ0) is 12.3. The first-order valence-electron chi connectivity index (χ1n) is 6.97. The Labute approximate surface area is 108 Å². The molecule has 3 aliphatic carbocycles. The third-order valence-electron chi connectivity index (χ3n) is 5.28. The van der Waals surface area contributed by atoms with Crippen LogP contribution in [0.2, 0.25) is 0 Å². The minimum Gasteiger partial charge on any atom is -0.299 e. The van der Waals surface area contributed by atoms with Gasteiger partial charge in [-0.1, -0.05) is 35.9 Å². The van der Waals surface area contributed by atoms with E-state index in [9.17, 15) is 4.79 Å². The van der Waals surface area contributed by atoms with Crippen molar-refractivity contribution in [3.63, 3.8) is 0 Å². The van der Waals surface area contributed by atoms with Gasteiger partial charge in [0.15, 0.2) is 0 Å². The lowest BCUT2D eigenvalue weighted by Gasteiger charge is -2.38. The van der Waals surface area contributed by atoms with Gasteiger partial charge in [0.05, 0.1) is 0 Å². The van der Waals surface area contributed by atoms with Gasteiger partial charge in [-0.15, -0.1) is 0 Å². The van der Waals surface area contributed by atoms with Crippen LogP contribution in [0, 0.1) is 24.2 Å². The van der Waals surface area contributed by atoms with Crippen LogP contribution in [-0.4, -0.2) is 5.78 Å². The molecule has 3 unspecified atom stereocenters. The highest BCUT2D eigenvalue weighted by molar-refractivity contribution is 5.90. The van der Waals surface area contributed by atoms with Crippen LogP contribution < -0.4 is 0 Å². The second-order valence-corrected chi connectivity index (χ2v) is 6.40. The molecule has 0 heterocycles. The Bertz CT molecular complexity index is 569. The van der Waals surface area contributed by atoms with Gasteiger partial charge in [-0.25, -0.2) is 0 Å². The maximum absolute atomic E-state index is 12.6. The summed E-state index contributed by atoms with van der Waals surface area (Å²) in [5.74, 6) is 1.68. The number of hydrogen-bond donors (Lipinski definition) is 0. The summed E-state index contributed by atoms with van der Waals surface area (Å²) < 4.78 is 0. The molecule has 0 aromatic heterocycles. The summed E-state index contributed by atoms with van der Waals surface area (Å²) in [6.45, 7) is 2.14. The molecule has 18 heavy (non-hydrogen) atoms. The molecule has 1 nitrogen and oxygen atoms in total. The second-order valence-electron chi connectivity index (χ2n) is 6.40. The lowest BCUT2D eigenvalue weighted by molar-refractivity contribution is -0.130. The van der Waals surface area contributed by atoms with Gasteiger partial charge in [-0.3, -0.25) is 4.79 Å². The molecule has 3 atom stereocenters. The lowest BCUT2D eigenvalue weighted by atomic mass is 9.63. The van der Waals surface area contributed by atoms with E-state index < -0.39 is 0 Å². The maximum atomic E-state index is 12.6. The third kappa shape index (κ3) is 1.25. The zero-order valence-electron chi connectivity index (χ0n) is 10.8. The number of carbonyl (C=O) groups is 1. The van der Waals surface area contributed by atoms with Gasteiger partial charge in [0.1, 0.15) is 5.78 Å². The standard InChI is InChI=1S/C17H18O/c1-11-2-4-13-8-16(18)17(10-14(13)6-11)9-12-3-5-15(17)7-12/h2-6,12,15H,7-10H2,1H3. The normalized spacial score (nSPS) is 36.4. The number of allylic oxidation sites excluding steroid dienone is 2. The van der Waals surface area contributed by atoms with Crippen LogP contribution in [-0.2, 0) is 17.6 Å². The van der Waals surface area contributed by atoms with E-state index >= 15 is 0 Å². The van der Waals surface area contributed by atoms with Crippen molar-refractivity contribution in [2.24, 2.45) is 17.3 Å². The monoisotopic (exact) mass is 238 g/mol. The zero-order valence-corrected chi connectivity index (χ0v) is 10.8. The van der Waals surface area contributed by atoms with Crippen molar-refractivity contribution in [2.75, 3.05) is 0 Å². The Morgan fingerprint density at radius 2 is 2.11 bits per heavy atom. The molecule has 2 bridgehead atoms. The summed E-state index contributed by atoms with van der Waals surface area (Å²) in [7, 11) is 0. The molecule has 0 N–H and O–H groups in total. The quantitative estimate of drug-likeness (QED) is 0.634. The van der Waals surface area contributed by atoms with Crippen molar-refractivity contribution < 1.29 is 4.79 Å². The highest BCUT2D eigenvalue weighted by Crippen LogP contribution is 2.56. The van der Waals surface area contributed by atoms with E-state index in [2.05, 4.69) is 37.3 Å². The Balaban J connectivity index is 1.80. The first-order valence-corrected chi connectivity index (χ1v) is 6.97. The average Bonchev–Trinajstić information content (AvgIpc) is 2.92. The SMILES string of the molecule is Cc1ccc2c(c1)CC1(CC3C=CC1C3)C(=O)C2. The molecule has 1 saturated carbocycles. The van der Waals surface area contributed by atoms with Crippen LogP contribution in [0.3, 0.4) is 0 Å². The van der Waals surface area contributed by atoms with E-state index in [4.69, 9.17) is 0 Å². The molecule has 4 rings (SSSR count). The molecule has 0 saturated heterocycles. The molecule has 92 valence electrons. The summed E-state index contributed by atoms with van der Waals surface area (Å²) in [4.78, 5) is 12.6. The molecular weight excluding hydrogens is 220 g/mol. The van der Waals surface area contributed by atoms with Crippen LogP contribution in [0.1, 0.15) is 29.5 Å². The van der Waals surface area contributed by atoms with Crippen molar-refractivity contribution in [1.29, 1.82) is 0 Å². The minimum atomic E-state index is -0.0415. The van der Waals surface area contributed by atoms with E-state index in [1.54, 1.807) is 0 Å². The first-order chi connectivity index (χ1) is 8.67. The van der Waals surface area contributed by atoms with Crippen LogP contribution >= 0.6 is 0 Å². The summed E-state index contributed by atoms with van der Waals surface area (Å²) in [6, 6.07) is 6.57. The van der Waals surface area contributed by atoms with Crippen LogP contribution in [0.15, 0.2) is 30.4 Å². The lowest BCUT2D eigenvalue weighted by Crippen LogP contribution is -2.41. The molecule has 1 fully saturated rings. The molecule has 1 aromatic carbocycles. The first kappa shape index (κ1) is 10.5. The van der Waals surface area contributed by atoms with Gasteiger partial charge < -0.3 is 0 Å². The number of benzene rings is 1. The number of fused-ring (bicyclic) bond motifs is 4. The van der Waals surface area contributed by atoms with Crippen molar-refractivity contribution in [3.8, 4) is 0 Å². The van der Waals surface area contributed by atoms with Gasteiger partial charge in [-0.2, -0.15) is 0 Å². The topological polar surface area (TPSA) is 17.1 Å². The molecule has 0 radical (unpaired) electrons. The van der Waals surface area contributed by atoms with E-state index in [1.165, 1.54) is 23.1 Å². The molecular formula is C17H18O. The molecule has 0 aliphatic heterocycles. The smallest absolute Gasteiger partial charge is 0.144 e. The van der Waals surface area contributed by atoms with E-state index in [1.807, 2.05) is 0 Å². The molecule has 0 amide bonds. The highest BCUT2D eigenvalue weighted by Gasteiger charge is 2.54. The van der Waals surface area contributed by atoms with Crippen molar-refractivity contribution in [1.82, 2.24) is 0 Å². The number of hydrogen-bond acceptors (Lipinski definition) is 1. The molecule has 1 aromatic rings. The number of ketones is 1. The van der Waals surface area contributed by atoms with Crippen molar-refractivity contribution in [3.05, 3.63) is 47.0 Å². The van der Waals surface area contributed by atoms with Crippen LogP contribution in [0.4, 0.5) is 0 Å². The van der Waals surface area contributed by atoms with Gasteiger partial charge in [-0.05, 0) is 49.1 Å². The predicted octanol–water partition coefficient (Wildman–Crippen LogP) is 3.25. The number of carbonyl (C=O) groups excluding carboxylic acids is 1. The number of Topliss-reactive ketones (excluding diaryl/α,β-unsaturated/α-hetero) is 1. The fourth-order valence-electron chi connectivity index (χ4n) is 4.36. The predicted molar refractivity (Wildman–Crippen MR) is 71.4 cm³/mol. The summed E-state index contributed by atoms with van der Waals surface area (Å²) >= 11 is 0. The fraction of sp³-hybridized carbons (Fsp3) is 0.471. The molecule has 1 spiro atoms. The number of rotatable bonds is 0. The Hall–Kier alpha value is -1.37. The Morgan fingerprint density at radius 3 is 2.83 bits per heavy atom. The Morgan fingerprint density at radius 1 is 1.22 bits per heavy atom. The van der Waals surface area contributed by atoms with Gasteiger partial charge in [0.25, 0.3) is 0 Å². The summed E-state index contributed by atoms with van der Waals surface area (Å²) in [5, 5.41) is 0. The molecule has 1 heteroatoms. The van der Waals surface area contributed by atoms with E-state index in [-0.39, 0.29) is 5.41 Å². The Kier molecular flexibility index (Phi) is 1.96. The average molecular weight is 238 g/mol. The largest absolute Gasteiger partial charge is 0.299 e. The highest BCUT2D eigenvalue weighted by atomic mass is 16.1. The van der Waals surface area contributed by atoms with E-state index in [0.717, 1.165) is 12.8 Å². The molecule has 3 aliphatic rings. The fourth-order valence-corrected chi connectivity index (χ4v) is 4.36. The van der Waals surface area contributed by atoms with Gasteiger partial charge in [0.2, 0.25) is 0 Å². The summed E-state index contributed by atoms with van der Waals surface area (Å²) in [5.41, 5.74) is 3.97. The summed E-state index contributed by atoms with van der Waals surface area (Å²) in [6.07, 6.45) is 8.59. The van der Waals surface area contributed by atoms with Crippen molar-refractivity contribution >= 4 is 5.78 Å². The number of aryl methyl sites for hydroxylation is 1. The van der Waals surface area contributed by atoms with Crippen molar-refractivity contribution in [2.45, 2.75) is 32.6 Å². The second kappa shape index (κ2) is 3.34.